The SMILES string of the molecule is CN(Cc1ccccc1)C(=O)c1ccc(C(C)(C)C)cc1C(=O)c1ccccc1. The van der Waals surface area contributed by atoms with E-state index in [1.807, 2.05) is 60.7 Å². The van der Waals surface area contributed by atoms with Gasteiger partial charge in [-0.1, -0.05) is 87.5 Å². The maximum absolute atomic E-state index is 13.3. The van der Waals surface area contributed by atoms with Crippen molar-refractivity contribution < 1.29 is 9.59 Å². The molecule has 0 bridgehead atoms. The molecule has 1 amide bonds. The molecule has 0 aliphatic heterocycles. The van der Waals surface area contributed by atoms with Crippen LogP contribution >= 0.6 is 0 Å². The standard InChI is InChI=1S/C26H27NO2/c1-26(2,3)21-15-16-22(23(17-21)24(28)20-13-9-6-10-14-20)25(29)27(4)18-19-11-7-5-8-12-19/h5-17H,18H2,1-4H3. The Kier molecular flexibility index (Phi) is 5.97. The first-order chi connectivity index (χ1) is 13.8. The number of benzene rings is 3. The molecule has 3 heteroatoms. The summed E-state index contributed by atoms with van der Waals surface area (Å²) < 4.78 is 0. The first-order valence-corrected chi connectivity index (χ1v) is 9.81. The van der Waals surface area contributed by atoms with Crippen LogP contribution < -0.4 is 0 Å². The van der Waals surface area contributed by atoms with E-state index in [1.54, 1.807) is 30.1 Å². The molecular weight excluding hydrogens is 358 g/mol. The summed E-state index contributed by atoms with van der Waals surface area (Å²) >= 11 is 0. The zero-order chi connectivity index (χ0) is 21.0. The van der Waals surface area contributed by atoms with Gasteiger partial charge in [0, 0.05) is 24.7 Å². The Hall–Kier alpha value is -3.20. The predicted molar refractivity (Wildman–Crippen MR) is 117 cm³/mol. The van der Waals surface area contributed by atoms with E-state index < -0.39 is 0 Å². The van der Waals surface area contributed by atoms with E-state index >= 15 is 0 Å². The number of amides is 1. The topological polar surface area (TPSA) is 37.4 Å². The smallest absolute Gasteiger partial charge is 0.254 e. The monoisotopic (exact) mass is 385 g/mol. The summed E-state index contributed by atoms with van der Waals surface area (Å²) in [4.78, 5) is 28.2. The van der Waals surface area contributed by atoms with Crippen LogP contribution in [-0.4, -0.2) is 23.6 Å². The van der Waals surface area contributed by atoms with Gasteiger partial charge in [0.15, 0.2) is 5.78 Å². The molecule has 0 fully saturated rings. The Labute approximate surface area is 173 Å². The number of carbonyl (C=O) groups excluding carboxylic acids is 2. The van der Waals surface area contributed by atoms with Crippen molar-refractivity contribution >= 4 is 11.7 Å². The molecule has 0 aliphatic rings. The van der Waals surface area contributed by atoms with Gasteiger partial charge in [-0.3, -0.25) is 9.59 Å². The lowest BCUT2D eigenvalue weighted by Crippen LogP contribution is -2.28. The van der Waals surface area contributed by atoms with Gasteiger partial charge in [0.2, 0.25) is 0 Å². The van der Waals surface area contributed by atoms with Gasteiger partial charge in [-0.15, -0.1) is 0 Å². The van der Waals surface area contributed by atoms with Gasteiger partial charge < -0.3 is 4.90 Å². The van der Waals surface area contributed by atoms with Crippen LogP contribution in [-0.2, 0) is 12.0 Å². The first-order valence-electron chi connectivity index (χ1n) is 9.81. The van der Waals surface area contributed by atoms with E-state index in [4.69, 9.17) is 0 Å². The lowest BCUT2D eigenvalue weighted by Gasteiger charge is -2.23. The molecule has 0 saturated carbocycles. The third-order valence-corrected chi connectivity index (χ3v) is 5.01. The van der Waals surface area contributed by atoms with Crippen molar-refractivity contribution in [2.24, 2.45) is 0 Å². The molecule has 0 unspecified atom stereocenters. The highest BCUT2D eigenvalue weighted by Gasteiger charge is 2.24. The van der Waals surface area contributed by atoms with Crippen LogP contribution in [0.15, 0.2) is 78.9 Å². The second kappa shape index (κ2) is 8.44. The Morgan fingerprint density at radius 3 is 1.97 bits per heavy atom. The zero-order valence-electron chi connectivity index (χ0n) is 17.5. The molecule has 3 rings (SSSR count). The van der Waals surface area contributed by atoms with E-state index in [1.165, 1.54) is 0 Å². The molecule has 0 radical (unpaired) electrons. The molecule has 0 heterocycles. The normalized spacial score (nSPS) is 11.2. The molecule has 0 N–H and O–H groups in total. The molecule has 3 nitrogen and oxygen atoms in total. The van der Waals surface area contributed by atoms with Gasteiger partial charge in [-0.2, -0.15) is 0 Å². The average Bonchev–Trinajstić information content (AvgIpc) is 2.73. The van der Waals surface area contributed by atoms with E-state index in [2.05, 4.69) is 20.8 Å². The van der Waals surface area contributed by atoms with Crippen LogP contribution in [0.3, 0.4) is 0 Å². The van der Waals surface area contributed by atoms with Crippen LogP contribution in [0.1, 0.15) is 58.2 Å². The van der Waals surface area contributed by atoms with Crippen LogP contribution in [0, 0.1) is 0 Å². The Balaban J connectivity index is 2.01. The molecule has 148 valence electrons. The lowest BCUT2D eigenvalue weighted by molar-refractivity contribution is 0.0780. The van der Waals surface area contributed by atoms with Gasteiger partial charge in [0.05, 0.1) is 5.56 Å². The lowest BCUT2D eigenvalue weighted by atomic mass is 9.84. The average molecular weight is 386 g/mol. The highest BCUT2D eigenvalue weighted by Crippen LogP contribution is 2.27. The number of rotatable bonds is 5. The van der Waals surface area contributed by atoms with Gasteiger partial charge in [0.1, 0.15) is 0 Å². The summed E-state index contributed by atoms with van der Waals surface area (Å²) in [6, 6.07) is 24.6. The number of ketones is 1. The van der Waals surface area contributed by atoms with Crippen molar-refractivity contribution in [2.45, 2.75) is 32.7 Å². The van der Waals surface area contributed by atoms with Crippen molar-refractivity contribution in [3.63, 3.8) is 0 Å². The van der Waals surface area contributed by atoms with E-state index in [0.717, 1.165) is 11.1 Å². The number of carbonyl (C=O) groups is 2. The Bertz CT molecular complexity index is 1000. The molecule has 0 aromatic heterocycles. The number of hydrogen-bond donors (Lipinski definition) is 0. The van der Waals surface area contributed by atoms with E-state index in [0.29, 0.717) is 23.2 Å². The maximum atomic E-state index is 13.3. The van der Waals surface area contributed by atoms with Crippen molar-refractivity contribution in [1.82, 2.24) is 4.90 Å². The van der Waals surface area contributed by atoms with E-state index in [-0.39, 0.29) is 17.1 Å². The van der Waals surface area contributed by atoms with E-state index in [9.17, 15) is 9.59 Å². The summed E-state index contributed by atoms with van der Waals surface area (Å²) in [5.74, 6) is -0.290. The van der Waals surface area contributed by atoms with Crippen molar-refractivity contribution in [1.29, 1.82) is 0 Å². The van der Waals surface area contributed by atoms with Crippen LogP contribution in [0.25, 0.3) is 0 Å². The molecule has 0 spiro atoms. The summed E-state index contributed by atoms with van der Waals surface area (Å²) in [5.41, 5.74) is 3.42. The highest BCUT2D eigenvalue weighted by molar-refractivity contribution is 6.15. The zero-order valence-corrected chi connectivity index (χ0v) is 17.5. The minimum absolute atomic E-state index is 0.122. The fourth-order valence-corrected chi connectivity index (χ4v) is 3.26. The van der Waals surface area contributed by atoms with Crippen LogP contribution in [0.4, 0.5) is 0 Å². The van der Waals surface area contributed by atoms with Crippen molar-refractivity contribution in [2.75, 3.05) is 7.05 Å². The molecule has 0 aliphatic carbocycles. The predicted octanol–water partition coefficient (Wildman–Crippen LogP) is 5.49. The molecule has 3 aromatic rings. The largest absolute Gasteiger partial charge is 0.337 e. The summed E-state index contributed by atoms with van der Waals surface area (Å²) in [5, 5.41) is 0. The Morgan fingerprint density at radius 2 is 1.38 bits per heavy atom. The maximum Gasteiger partial charge on any atom is 0.254 e. The van der Waals surface area contributed by atoms with Gasteiger partial charge >= 0.3 is 0 Å². The molecule has 29 heavy (non-hydrogen) atoms. The quantitative estimate of drug-likeness (QED) is 0.545. The minimum Gasteiger partial charge on any atom is -0.337 e. The van der Waals surface area contributed by atoms with Crippen LogP contribution in [0.2, 0.25) is 0 Å². The summed E-state index contributed by atoms with van der Waals surface area (Å²) in [6.07, 6.45) is 0. The van der Waals surface area contributed by atoms with Gasteiger partial charge in [-0.05, 0) is 28.7 Å². The fraction of sp³-hybridized carbons (Fsp3) is 0.231. The summed E-state index contributed by atoms with van der Waals surface area (Å²) in [7, 11) is 1.77. The van der Waals surface area contributed by atoms with Crippen LogP contribution in [0.5, 0.6) is 0 Å². The Morgan fingerprint density at radius 1 is 0.793 bits per heavy atom. The third kappa shape index (κ3) is 4.80. The summed E-state index contributed by atoms with van der Waals surface area (Å²) in [6.45, 7) is 6.78. The second-order valence-electron chi connectivity index (χ2n) is 8.35. The van der Waals surface area contributed by atoms with Crippen molar-refractivity contribution in [3.8, 4) is 0 Å². The fourth-order valence-electron chi connectivity index (χ4n) is 3.26. The first kappa shape index (κ1) is 20.5. The number of nitrogens with zero attached hydrogens (tertiary/aromatic N) is 1. The van der Waals surface area contributed by atoms with Gasteiger partial charge in [-0.25, -0.2) is 0 Å². The highest BCUT2D eigenvalue weighted by atomic mass is 16.2. The van der Waals surface area contributed by atoms with Gasteiger partial charge in [0.25, 0.3) is 5.91 Å². The molecule has 3 aromatic carbocycles. The molecule has 0 saturated heterocycles. The molecule has 0 atom stereocenters. The number of hydrogen-bond acceptors (Lipinski definition) is 2. The third-order valence-electron chi connectivity index (χ3n) is 5.01. The minimum atomic E-state index is -0.159. The van der Waals surface area contributed by atoms with Crippen molar-refractivity contribution in [3.05, 3.63) is 107 Å². The molecular formula is C26H27NO2. The second-order valence-corrected chi connectivity index (χ2v) is 8.35.